The van der Waals surface area contributed by atoms with E-state index in [0.717, 1.165) is 32.3 Å². The first kappa shape index (κ1) is 18.7. The van der Waals surface area contributed by atoms with Gasteiger partial charge in [0.2, 0.25) is 0 Å². The van der Waals surface area contributed by atoms with Gasteiger partial charge in [-0.2, -0.15) is 4.99 Å². The Morgan fingerprint density at radius 2 is 2.00 bits per heavy atom. The fourth-order valence-electron chi connectivity index (χ4n) is 2.92. The predicted octanol–water partition coefficient (Wildman–Crippen LogP) is 5.61. The van der Waals surface area contributed by atoms with Gasteiger partial charge in [0.15, 0.2) is 4.80 Å². The summed E-state index contributed by atoms with van der Waals surface area (Å²) in [6.07, 6.45) is 0. The molecule has 0 saturated heterocycles. The zero-order valence-electron chi connectivity index (χ0n) is 14.2. The number of hydrogen-bond donors (Lipinski definition) is 0. The van der Waals surface area contributed by atoms with Crippen LogP contribution in [0, 0.1) is 0 Å². The number of rotatable bonds is 4. The van der Waals surface area contributed by atoms with E-state index in [1.165, 1.54) is 11.3 Å². The molecule has 0 bridgehead atoms. The van der Waals surface area contributed by atoms with Crippen molar-refractivity contribution in [2.45, 2.75) is 6.54 Å². The number of benzene rings is 2. The number of hydrogen-bond acceptors (Lipinski definition) is 4. The third-order valence-corrected chi connectivity index (χ3v) is 6.79. The number of amides is 1. The van der Waals surface area contributed by atoms with Crippen LogP contribution >= 0.6 is 45.9 Å². The van der Waals surface area contributed by atoms with E-state index in [9.17, 15) is 4.79 Å². The Labute approximate surface area is 173 Å². The molecule has 2 heterocycles. The first-order valence-corrected chi connectivity index (χ1v) is 10.5. The van der Waals surface area contributed by atoms with E-state index in [0.29, 0.717) is 32.2 Å². The normalized spacial score (nSPS) is 12.3. The van der Waals surface area contributed by atoms with Gasteiger partial charge in [-0.25, -0.2) is 0 Å². The Balaban J connectivity index is 1.94. The molecule has 0 unspecified atom stereocenters. The third-order valence-electron chi connectivity index (χ3n) is 4.18. The van der Waals surface area contributed by atoms with Crippen molar-refractivity contribution < 1.29 is 9.53 Å². The first-order chi connectivity index (χ1) is 13.1. The average Bonchev–Trinajstić information content (AvgIpc) is 3.19. The lowest BCUT2D eigenvalue weighted by molar-refractivity contribution is 0.0998. The number of halogens is 2. The van der Waals surface area contributed by atoms with E-state index in [1.807, 2.05) is 16.7 Å². The minimum Gasteiger partial charge on any atom is -0.383 e. The predicted molar refractivity (Wildman–Crippen MR) is 113 cm³/mol. The van der Waals surface area contributed by atoms with Crippen LogP contribution in [-0.4, -0.2) is 24.2 Å². The molecule has 0 N–H and O–H groups in total. The minimum atomic E-state index is -0.398. The molecule has 0 saturated carbocycles. The van der Waals surface area contributed by atoms with Crippen LogP contribution in [-0.2, 0) is 11.3 Å². The fraction of sp³-hybridized carbons (Fsp3) is 0.158. The van der Waals surface area contributed by atoms with Crippen LogP contribution in [0.25, 0.3) is 21.0 Å². The second kappa shape index (κ2) is 7.73. The summed E-state index contributed by atoms with van der Waals surface area (Å²) in [6, 6.07) is 13.9. The van der Waals surface area contributed by atoms with E-state index < -0.39 is 5.91 Å². The highest BCUT2D eigenvalue weighted by Crippen LogP contribution is 2.32. The molecule has 138 valence electrons. The summed E-state index contributed by atoms with van der Waals surface area (Å²) in [7, 11) is 1.65. The number of ether oxygens (including phenoxy) is 1. The molecule has 2 aromatic carbocycles. The van der Waals surface area contributed by atoms with Crippen molar-refractivity contribution in [3.8, 4) is 0 Å². The van der Waals surface area contributed by atoms with Crippen LogP contribution in [0.1, 0.15) is 10.4 Å². The zero-order valence-corrected chi connectivity index (χ0v) is 17.4. The summed E-state index contributed by atoms with van der Waals surface area (Å²) in [6.45, 7) is 1.12. The number of carbonyl (C=O) groups is 1. The number of fused-ring (bicyclic) bond motifs is 3. The number of aromatic nitrogens is 1. The van der Waals surface area contributed by atoms with Crippen molar-refractivity contribution in [1.29, 1.82) is 0 Å². The molecule has 8 heteroatoms. The van der Waals surface area contributed by atoms with Gasteiger partial charge in [0.1, 0.15) is 4.34 Å². The van der Waals surface area contributed by atoms with Gasteiger partial charge in [-0.15, -0.1) is 11.3 Å². The van der Waals surface area contributed by atoms with Gasteiger partial charge in [-0.05, 0) is 17.5 Å². The van der Waals surface area contributed by atoms with Gasteiger partial charge in [-0.3, -0.25) is 4.79 Å². The molecule has 27 heavy (non-hydrogen) atoms. The van der Waals surface area contributed by atoms with Gasteiger partial charge in [0.05, 0.1) is 26.7 Å². The fourth-order valence-corrected chi connectivity index (χ4v) is 5.55. The molecule has 0 aliphatic carbocycles. The number of methoxy groups -OCH3 is 1. The van der Waals surface area contributed by atoms with Gasteiger partial charge >= 0.3 is 0 Å². The summed E-state index contributed by atoms with van der Waals surface area (Å²) in [4.78, 5) is 17.6. The lowest BCUT2D eigenvalue weighted by Gasteiger charge is -2.05. The maximum atomic E-state index is 12.7. The Hall–Kier alpha value is -1.70. The van der Waals surface area contributed by atoms with Crippen LogP contribution < -0.4 is 4.80 Å². The summed E-state index contributed by atoms with van der Waals surface area (Å²) >= 11 is 14.7. The SMILES string of the molecule is COCCn1c(=NC(=O)c2cc(Cl)sc2Cl)sc2c3ccccc3ccc21. The first-order valence-electron chi connectivity index (χ1n) is 8.12. The Morgan fingerprint density at radius 1 is 1.19 bits per heavy atom. The van der Waals surface area contributed by atoms with Crippen molar-refractivity contribution in [1.82, 2.24) is 4.57 Å². The molecule has 0 radical (unpaired) electrons. The average molecular weight is 437 g/mol. The Morgan fingerprint density at radius 3 is 2.74 bits per heavy atom. The minimum absolute atomic E-state index is 0.326. The van der Waals surface area contributed by atoms with Crippen LogP contribution in [0.5, 0.6) is 0 Å². The van der Waals surface area contributed by atoms with Crippen LogP contribution in [0.4, 0.5) is 0 Å². The molecular weight excluding hydrogens is 423 g/mol. The van der Waals surface area contributed by atoms with Gasteiger partial charge in [0, 0.05) is 19.0 Å². The second-order valence-electron chi connectivity index (χ2n) is 5.82. The summed E-state index contributed by atoms with van der Waals surface area (Å²) < 4.78 is 9.15. The highest BCUT2D eigenvalue weighted by atomic mass is 35.5. The van der Waals surface area contributed by atoms with Gasteiger partial charge < -0.3 is 9.30 Å². The number of carbonyl (C=O) groups excluding carboxylic acids is 1. The van der Waals surface area contributed by atoms with Crippen molar-refractivity contribution in [2.75, 3.05) is 13.7 Å². The highest BCUT2D eigenvalue weighted by Gasteiger charge is 2.15. The molecule has 0 atom stereocenters. The van der Waals surface area contributed by atoms with Crippen molar-refractivity contribution in [3.05, 3.63) is 61.5 Å². The summed E-state index contributed by atoms with van der Waals surface area (Å²) in [5, 5.41) is 2.28. The molecule has 4 rings (SSSR count). The molecule has 0 spiro atoms. The van der Waals surface area contributed by atoms with E-state index >= 15 is 0 Å². The molecule has 4 aromatic rings. The smallest absolute Gasteiger partial charge is 0.282 e. The van der Waals surface area contributed by atoms with Crippen molar-refractivity contribution in [2.24, 2.45) is 4.99 Å². The molecule has 0 aliphatic heterocycles. The molecule has 4 nitrogen and oxygen atoms in total. The molecule has 2 aromatic heterocycles. The maximum absolute atomic E-state index is 12.7. The van der Waals surface area contributed by atoms with E-state index in [-0.39, 0.29) is 0 Å². The largest absolute Gasteiger partial charge is 0.383 e. The topological polar surface area (TPSA) is 43.6 Å². The molecule has 0 fully saturated rings. The van der Waals surface area contributed by atoms with E-state index in [1.54, 1.807) is 13.2 Å². The molecule has 0 aliphatic rings. The molecule has 1 amide bonds. The zero-order chi connectivity index (χ0) is 19.0. The Kier molecular flexibility index (Phi) is 5.34. The second-order valence-corrected chi connectivity index (χ2v) is 9.08. The molecular formula is C19H14Cl2N2O2S2. The quantitative estimate of drug-likeness (QED) is 0.417. The van der Waals surface area contributed by atoms with Crippen LogP contribution in [0.2, 0.25) is 8.67 Å². The summed E-state index contributed by atoms with van der Waals surface area (Å²) in [5.74, 6) is -0.398. The van der Waals surface area contributed by atoms with Gasteiger partial charge in [0.25, 0.3) is 5.91 Å². The lowest BCUT2D eigenvalue weighted by Crippen LogP contribution is -2.19. The Bertz CT molecular complexity index is 1220. The van der Waals surface area contributed by atoms with Gasteiger partial charge in [-0.1, -0.05) is 64.9 Å². The van der Waals surface area contributed by atoms with Crippen molar-refractivity contribution >= 4 is 72.8 Å². The highest BCUT2D eigenvalue weighted by molar-refractivity contribution is 7.20. The number of thiazole rings is 1. The number of nitrogens with zero attached hydrogens (tertiary/aromatic N) is 2. The number of thiophene rings is 1. The standard InChI is InChI=1S/C19H14Cl2N2O2S2/c1-25-9-8-23-14-7-6-11-4-2-3-5-12(11)16(14)27-19(23)22-18(24)13-10-15(20)26-17(13)21/h2-7,10H,8-9H2,1H3. The summed E-state index contributed by atoms with van der Waals surface area (Å²) in [5.41, 5.74) is 1.35. The van der Waals surface area contributed by atoms with Crippen LogP contribution in [0.15, 0.2) is 47.5 Å². The van der Waals surface area contributed by atoms with Crippen molar-refractivity contribution in [3.63, 3.8) is 0 Å². The van der Waals surface area contributed by atoms with E-state index in [4.69, 9.17) is 27.9 Å². The maximum Gasteiger partial charge on any atom is 0.282 e. The monoisotopic (exact) mass is 436 g/mol. The van der Waals surface area contributed by atoms with Crippen LogP contribution in [0.3, 0.4) is 0 Å². The third kappa shape index (κ3) is 3.56. The lowest BCUT2D eigenvalue weighted by atomic mass is 10.1. The van der Waals surface area contributed by atoms with E-state index in [2.05, 4.69) is 29.3 Å².